The number of ether oxygens (including phenoxy) is 3. The SMILES string of the molecule is CC(C)COC(=O)OC=CC1CCOCC1. The molecule has 1 saturated heterocycles. The van der Waals surface area contributed by atoms with Gasteiger partial charge in [0.15, 0.2) is 0 Å². The van der Waals surface area contributed by atoms with Crippen LogP contribution in [0.4, 0.5) is 4.79 Å². The first-order valence-corrected chi connectivity index (χ1v) is 5.76. The summed E-state index contributed by atoms with van der Waals surface area (Å²) in [6.45, 7) is 5.92. The van der Waals surface area contributed by atoms with Crippen LogP contribution in [0.15, 0.2) is 12.3 Å². The van der Waals surface area contributed by atoms with E-state index in [0.29, 0.717) is 18.4 Å². The van der Waals surface area contributed by atoms with Crippen molar-refractivity contribution < 1.29 is 19.0 Å². The van der Waals surface area contributed by atoms with Gasteiger partial charge in [-0.15, -0.1) is 0 Å². The van der Waals surface area contributed by atoms with Gasteiger partial charge in [0, 0.05) is 13.2 Å². The standard InChI is InChI=1S/C12H20O4/c1-10(2)9-16-12(13)15-8-5-11-3-6-14-7-4-11/h5,8,10-11H,3-4,6-7,9H2,1-2H3. The van der Waals surface area contributed by atoms with Crippen molar-refractivity contribution in [1.82, 2.24) is 0 Å². The number of allylic oxidation sites excluding steroid dienone is 1. The third-order valence-corrected chi connectivity index (χ3v) is 2.32. The molecule has 4 heteroatoms. The second-order valence-corrected chi connectivity index (χ2v) is 4.35. The lowest BCUT2D eigenvalue weighted by molar-refractivity contribution is 0.0707. The van der Waals surface area contributed by atoms with Crippen molar-refractivity contribution in [3.05, 3.63) is 12.3 Å². The third-order valence-electron chi connectivity index (χ3n) is 2.32. The summed E-state index contributed by atoms with van der Waals surface area (Å²) in [6, 6.07) is 0. The molecule has 0 aliphatic carbocycles. The maximum Gasteiger partial charge on any atom is 0.513 e. The number of carbonyl (C=O) groups excluding carboxylic acids is 1. The summed E-state index contributed by atoms with van der Waals surface area (Å²) in [4.78, 5) is 11.1. The van der Waals surface area contributed by atoms with E-state index < -0.39 is 6.16 Å². The molecule has 1 heterocycles. The smallest absolute Gasteiger partial charge is 0.434 e. The summed E-state index contributed by atoms with van der Waals surface area (Å²) in [6.07, 6.45) is 4.68. The van der Waals surface area contributed by atoms with Crippen molar-refractivity contribution in [3.63, 3.8) is 0 Å². The average Bonchev–Trinajstić information content (AvgIpc) is 2.28. The molecule has 0 amide bonds. The minimum Gasteiger partial charge on any atom is -0.434 e. The lowest BCUT2D eigenvalue weighted by Gasteiger charge is -2.18. The minimum absolute atomic E-state index is 0.326. The molecule has 0 aromatic heterocycles. The van der Waals surface area contributed by atoms with E-state index in [9.17, 15) is 4.79 Å². The highest BCUT2D eigenvalue weighted by atomic mass is 16.7. The number of hydrogen-bond acceptors (Lipinski definition) is 4. The zero-order valence-electron chi connectivity index (χ0n) is 9.98. The van der Waals surface area contributed by atoms with Gasteiger partial charge in [0.25, 0.3) is 0 Å². The molecule has 4 nitrogen and oxygen atoms in total. The van der Waals surface area contributed by atoms with Crippen LogP contribution in [0.25, 0.3) is 0 Å². The van der Waals surface area contributed by atoms with Crippen molar-refractivity contribution >= 4 is 6.16 Å². The van der Waals surface area contributed by atoms with Crippen LogP contribution in [0.5, 0.6) is 0 Å². The van der Waals surface area contributed by atoms with Crippen LogP contribution in [0.3, 0.4) is 0 Å². The topological polar surface area (TPSA) is 44.8 Å². The Morgan fingerprint density at radius 2 is 2.12 bits per heavy atom. The number of carbonyl (C=O) groups is 1. The van der Waals surface area contributed by atoms with Gasteiger partial charge >= 0.3 is 6.16 Å². The molecule has 0 aromatic rings. The Morgan fingerprint density at radius 3 is 2.75 bits per heavy atom. The van der Waals surface area contributed by atoms with Gasteiger partial charge in [0.2, 0.25) is 0 Å². The first kappa shape index (κ1) is 13.0. The molecule has 0 bridgehead atoms. The average molecular weight is 228 g/mol. The van der Waals surface area contributed by atoms with Gasteiger partial charge in [-0.3, -0.25) is 0 Å². The predicted octanol–water partition coefficient (Wildman–Crippen LogP) is 2.74. The van der Waals surface area contributed by atoms with Crippen LogP contribution < -0.4 is 0 Å². The zero-order valence-corrected chi connectivity index (χ0v) is 9.98. The van der Waals surface area contributed by atoms with Crippen molar-refractivity contribution in [2.24, 2.45) is 11.8 Å². The molecule has 0 aromatic carbocycles. The van der Waals surface area contributed by atoms with E-state index in [-0.39, 0.29) is 0 Å². The predicted molar refractivity (Wildman–Crippen MR) is 60.0 cm³/mol. The van der Waals surface area contributed by atoms with Crippen molar-refractivity contribution in [2.75, 3.05) is 19.8 Å². The molecule has 1 rings (SSSR count). The van der Waals surface area contributed by atoms with Crippen LogP contribution in [-0.2, 0) is 14.2 Å². The first-order chi connectivity index (χ1) is 7.68. The fourth-order valence-corrected chi connectivity index (χ4v) is 1.38. The van der Waals surface area contributed by atoms with Gasteiger partial charge in [-0.2, -0.15) is 0 Å². The highest BCUT2D eigenvalue weighted by molar-refractivity contribution is 5.60. The summed E-state index contributed by atoms with van der Waals surface area (Å²) in [5, 5.41) is 0. The minimum atomic E-state index is -0.628. The molecular formula is C12H20O4. The highest BCUT2D eigenvalue weighted by Crippen LogP contribution is 2.15. The van der Waals surface area contributed by atoms with Crippen molar-refractivity contribution in [1.29, 1.82) is 0 Å². The maximum absolute atomic E-state index is 11.1. The normalized spacial score (nSPS) is 17.9. The Kier molecular flexibility index (Phi) is 5.93. The summed E-state index contributed by atoms with van der Waals surface area (Å²) in [5.41, 5.74) is 0. The van der Waals surface area contributed by atoms with Crippen molar-refractivity contribution in [2.45, 2.75) is 26.7 Å². The molecule has 0 atom stereocenters. The number of hydrogen-bond donors (Lipinski definition) is 0. The van der Waals surface area contributed by atoms with E-state index in [1.807, 2.05) is 19.9 Å². The molecule has 16 heavy (non-hydrogen) atoms. The molecule has 1 fully saturated rings. The largest absolute Gasteiger partial charge is 0.513 e. The molecule has 1 aliphatic rings. The third kappa shape index (κ3) is 5.75. The van der Waals surface area contributed by atoms with E-state index in [1.54, 1.807) is 0 Å². The molecule has 0 spiro atoms. The second kappa shape index (κ2) is 7.28. The molecule has 0 saturated carbocycles. The van der Waals surface area contributed by atoms with E-state index in [2.05, 4.69) is 0 Å². The van der Waals surface area contributed by atoms with Gasteiger partial charge in [-0.05, 0) is 30.8 Å². The monoisotopic (exact) mass is 228 g/mol. The van der Waals surface area contributed by atoms with Crippen LogP contribution in [0.2, 0.25) is 0 Å². The Labute approximate surface area is 96.6 Å². The molecule has 0 radical (unpaired) electrons. The quantitative estimate of drug-likeness (QED) is 0.548. The molecule has 0 unspecified atom stereocenters. The van der Waals surface area contributed by atoms with Crippen LogP contribution in [-0.4, -0.2) is 26.0 Å². The molecular weight excluding hydrogens is 208 g/mol. The van der Waals surface area contributed by atoms with Gasteiger partial charge in [0.1, 0.15) is 0 Å². The summed E-state index contributed by atoms with van der Waals surface area (Å²) < 4.78 is 14.9. The highest BCUT2D eigenvalue weighted by Gasteiger charge is 2.10. The Bertz CT molecular complexity index is 229. The van der Waals surface area contributed by atoms with Crippen molar-refractivity contribution in [3.8, 4) is 0 Å². The summed E-state index contributed by atoms with van der Waals surface area (Å²) >= 11 is 0. The van der Waals surface area contributed by atoms with Gasteiger partial charge in [0.05, 0.1) is 12.9 Å². The van der Waals surface area contributed by atoms with Crippen LogP contribution in [0, 0.1) is 11.8 Å². The molecule has 0 N–H and O–H groups in total. The maximum atomic E-state index is 11.1. The summed E-state index contributed by atoms with van der Waals surface area (Å²) in [5.74, 6) is 0.777. The van der Waals surface area contributed by atoms with Gasteiger partial charge in [-0.1, -0.05) is 13.8 Å². The number of rotatable bonds is 4. The lowest BCUT2D eigenvalue weighted by atomic mass is 10.0. The Hall–Kier alpha value is -1.03. The fourth-order valence-electron chi connectivity index (χ4n) is 1.38. The fraction of sp³-hybridized carbons (Fsp3) is 0.750. The van der Waals surface area contributed by atoms with Crippen LogP contribution >= 0.6 is 0 Å². The van der Waals surface area contributed by atoms with E-state index in [0.717, 1.165) is 26.1 Å². The van der Waals surface area contributed by atoms with E-state index in [4.69, 9.17) is 14.2 Å². The van der Waals surface area contributed by atoms with E-state index in [1.165, 1.54) is 6.26 Å². The van der Waals surface area contributed by atoms with Crippen LogP contribution in [0.1, 0.15) is 26.7 Å². The first-order valence-electron chi connectivity index (χ1n) is 5.76. The second-order valence-electron chi connectivity index (χ2n) is 4.35. The lowest BCUT2D eigenvalue weighted by Crippen LogP contribution is -2.14. The Morgan fingerprint density at radius 1 is 1.44 bits per heavy atom. The van der Waals surface area contributed by atoms with Gasteiger partial charge in [-0.25, -0.2) is 4.79 Å². The molecule has 1 aliphatic heterocycles. The summed E-state index contributed by atoms with van der Waals surface area (Å²) in [7, 11) is 0. The van der Waals surface area contributed by atoms with E-state index >= 15 is 0 Å². The molecule has 92 valence electrons. The Balaban J connectivity index is 2.12. The zero-order chi connectivity index (χ0) is 11.8. The van der Waals surface area contributed by atoms with Gasteiger partial charge < -0.3 is 14.2 Å².